The Kier molecular flexibility index (Phi) is 5.77. The van der Waals surface area contributed by atoms with Gasteiger partial charge >= 0.3 is 5.97 Å². The highest BCUT2D eigenvalue weighted by Gasteiger charge is 2.29. The summed E-state index contributed by atoms with van der Waals surface area (Å²) in [7, 11) is 0. The minimum Gasteiger partial charge on any atom is -0.462 e. The molecule has 1 heterocycles. The zero-order valence-electron chi connectivity index (χ0n) is 15.6. The Balaban J connectivity index is 1.92. The summed E-state index contributed by atoms with van der Waals surface area (Å²) < 4.78 is 5.39. The van der Waals surface area contributed by atoms with Crippen LogP contribution in [0.1, 0.15) is 63.4 Å². The molecule has 3 rings (SSSR count). The van der Waals surface area contributed by atoms with Gasteiger partial charge in [0.1, 0.15) is 5.00 Å². The second-order valence-electron chi connectivity index (χ2n) is 7.02. The van der Waals surface area contributed by atoms with Crippen molar-refractivity contribution < 1.29 is 14.3 Å². The van der Waals surface area contributed by atoms with Gasteiger partial charge in [0.2, 0.25) is 0 Å². The number of amides is 1. The molecule has 1 atom stereocenters. The summed E-state index contributed by atoms with van der Waals surface area (Å²) in [6.07, 6.45) is 3.65. The predicted molar refractivity (Wildman–Crippen MR) is 105 cm³/mol. The lowest BCUT2D eigenvalue weighted by Crippen LogP contribution is -2.17. The maximum atomic E-state index is 12.7. The van der Waals surface area contributed by atoms with Crippen LogP contribution in [0.3, 0.4) is 0 Å². The van der Waals surface area contributed by atoms with Crippen LogP contribution >= 0.6 is 11.3 Å². The number of anilines is 1. The summed E-state index contributed by atoms with van der Waals surface area (Å²) in [6.45, 7) is 6.54. The number of benzene rings is 1. The monoisotopic (exact) mass is 371 g/mol. The number of carbonyl (C=O) groups excluding carboxylic acids is 2. The molecule has 0 spiro atoms. The molecule has 1 aromatic heterocycles. The molecule has 0 aliphatic heterocycles. The molecule has 0 bridgehead atoms. The highest BCUT2D eigenvalue weighted by molar-refractivity contribution is 7.17. The quantitative estimate of drug-likeness (QED) is 0.753. The zero-order chi connectivity index (χ0) is 18.7. The Morgan fingerprint density at radius 3 is 2.88 bits per heavy atom. The standard InChI is InChI=1S/C21H25NO3S/c1-4-10-25-21(24)18-16-9-8-14(3)12-17(16)26-20(18)22-19(23)15-7-5-6-13(2)11-15/h5-7,11,14H,4,8-10,12H2,1-3H3,(H,22,23). The summed E-state index contributed by atoms with van der Waals surface area (Å²) in [5, 5.41) is 3.58. The van der Waals surface area contributed by atoms with Gasteiger partial charge in [-0.3, -0.25) is 4.79 Å². The number of carbonyl (C=O) groups is 2. The SMILES string of the molecule is CCCOC(=O)c1c(NC(=O)c2cccc(C)c2)sc2c1CCC(C)C2. The van der Waals surface area contributed by atoms with E-state index in [1.807, 2.05) is 32.0 Å². The Morgan fingerprint density at radius 1 is 1.35 bits per heavy atom. The van der Waals surface area contributed by atoms with Crippen LogP contribution in [0.4, 0.5) is 5.00 Å². The average Bonchev–Trinajstić information content (AvgIpc) is 2.96. The summed E-state index contributed by atoms with van der Waals surface area (Å²) in [5.41, 5.74) is 3.25. The fourth-order valence-electron chi connectivity index (χ4n) is 3.28. The lowest BCUT2D eigenvalue weighted by molar-refractivity contribution is 0.0505. The van der Waals surface area contributed by atoms with E-state index in [0.29, 0.717) is 28.7 Å². The van der Waals surface area contributed by atoms with E-state index in [9.17, 15) is 9.59 Å². The fourth-order valence-corrected chi connectivity index (χ4v) is 4.68. The van der Waals surface area contributed by atoms with Gasteiger partial charge in [-0.15, -0.1) is 11.3 Å². The third-order valence-electron chi connectivity index (χ3n) is 4.66. The van der Waals surface area contributed by atoms with E-state index in [-0.39, 0.29) is 11.9 Å². The molecule has 0 fully saturated rings. The molecule has 1 aliphatic rings. The number of hydrogen-bond donors (Lipinski definition) is 1. The molecule has 1 N–H and O–H groups in total. The minimum atomic E-state index is -0.321. The zero-order valence-corrected chi connectivity index (χ0v) is 16.4. The predicted octanol–water partition coefficient (Wildman–Crippen LogP) is 5.00. The largest absolute Gasteiger partial charge is 0.462 e. The highest BCUT2D eigenvalue weighted by atomic mass is 32.1. The van der Waals surface area contributed by atoms with Crippen LogP contribution in [0.25, 0.3) is 0 Å². The van der Waals surface area contributed by atoms with E-state index in [1.54, 1.807) is 6.07 Å². The summed E-state index contributed by atoms with van der Waals surface area (Å²) in [5.74, 6) is 0.0873. The smallest absolute Gasteiger partial charge is 0.341 e. The van der Waals surface area contributed by atoms with Crippen LogP contribution in [0.5, 0.6) is 0 Å². The molecular formula is C21H25NO3S. The van der Waals surface area contributed by atoms with Crippen molar-refractivity contribution in [2.75, 3.05) is 11.9 Å². The first-order valence-corrected chi connectivity index (χ1v) is 10.0. The first kappa shape index (κ1) is 18.6. The van der Waals surface area contributed by atoms with E-state index in [4.69, 9.17) is 4.74 Å². The van der Waals surface area contributed by atoms with Crippen LogP contribution in [-0.2, 0) is 17.6 Å². The van der Waals surface area contributed by atoms with Crippen molar-refractivity contribution >= 4 is 28.2 Å². The summed E-state index contributed by atoms with van der Waals surface area (Å²) in [4.78, 5) is 26.5. The Bertz CT molecular complexity index is 825. The lowest BCUT2D eigenvalue weighted by Gasteiger charge is -2.18. The average molecular weight is 372 g/mol. The minimum absolute atomic E-state index is 0.190. The number of thiophene rings is 1. The van der Waals surface area contributed by atoms with E-state index in [2.05, 4.69) is 12.2 Å². The van der Waals surface area contributed by atoms with Crippen LogP contribution in [0.15, 0.2) is 24.3 Å². The molecule has 0 saturated heterocycles. The van der Waals surface area contributed by atoms with Crippen molar-refractivity contribution in [1.29, 1.82) is 0 Å². The second kappa shape index (κ2) is 8.04. The van der Waals surface area contributed by atoms with Gasteiger partial charge in [0.15, 0.2) is 0 Å². The van der Waals surface area contributed by atoms with Gasteiger partial charge in [-0.25, -0.2) is 4.79 Å². The van der Waals surface area contributed by atoms with Crippen molar-refractivity contribution in [1.82, 2.24) is 0 Å². The van der Waals surface area contributed by atoms with Gasteiger partial charge in [0, 0.05) is 10.4 Å². The van der Waals surface area contributed by atoms with Crippen molar-refractivity contribution in [2.45, 2.75) is 46.5 Å². The molecule has 5 heteroatoms. The Hall–Kier alpha value is -2.14. The van der Waals surface area contributed by atoms with Crippen molar-refractivity contribution in [3.63, 3.8) is 0 Å². The summed E-state index contributed by atoms with van der Waals surface area (Å²) in [6, 6.07) is 7.45. The van der Waals surface area contributed by atoms with Crippen LogP contribution in [-0.4, -0.2) is 18.5 Å². The van der Waals surface area contributed by atoms with Gasteiger partial charge in [0.25, 0.3) is 5.91 Å². The molecule has 1 amide bonds. The maximum absolute atomic E-state index is 12.7. The molecule has 26 heavy (non-hydrogen) atoms. The second-order valence-corrected chi connectivity index (χ2v) is 8.12. The topological polar surface area (TPSA) is 55.4 Å². The fraction of sp³-hybridized carbons (Fsp3) is 0.429. The number of nitrogens with one attached hydrogen (secondary N) is 1. The Labute approximate surface area is 158 Å². The van der Waals surface area contributed by atoms with Crippen molar-refractivity contribution in [2.24, 2.45) is 5.92 Å². The summed E-state index contributed by atoms with van der Waals surface area (Å²) >= 11 is 1.52. The number of esters is 1. The highest BCUT2D eigenvalue weighted by Crippen LogP contribution is 2.40. The van der Waals surface area contributed by atoms with Crippen LogP contribution in [0.2, 0.25) is 0 Å². The molecule has 1 unspecified atom stereocenters. The van der Waals surface area contributed by atoms with Gasteiger partial charge in [-0.1, -0.05) is 31.5 Å². The van der Waals surface area contributed by atoms with Crippen LogP contribution in [0, 0.1) is 12.8 Å². The van der Waals surface area contributed by atoms with Crippen molar-refractivity contribution in [3.05, 3.63) is 51.4 Å². The van der Waals surface area contributed by atoms with Gasteiger partial charge in [-0.05, 0) is 56.2 Å². The molecule has 1 aliphatic carbocycles. The third-order valence-corrected chi connectivity index (χ3v) is 5.83. The van der Waals surface area contributed by atoms with E-state index in [1.165, 1.54) is 16.2 Å². The van der Waals surface area contributed by atoms with Gasteiger partial charge in [0.05, 0.1) is 12.2 Å². The van der Waals surface area contributed by atoms with E-state index in [0.717, 1.165) is 36.8 Å². The first-order chi connectivity index (χ1) is 12.5. The molecular weight excluding hydrogens is 346 g/mol. The number of rotatable bonds is 5. The number of ether oxygens (including phenoxy) is 1. The lowest BCUT2D eigenvalue weighted by atomic mass is 9.88. The third kappa shape index (κ3) is 3.98. The van der Waals surface area contributed by atoms with E-state index < -0.39 is 0 Å². The molecule has 0 saturated carbocycles. The molecule has 138 valence electrons. The number of hydrogen-bond acceptors (Lipinski definition) is 4. The number of fused-ring (bicyclic) bond motifs is 1. The maximum Gasteiger partial charge on any atom is 0.341 e. The van der Waals surface area contributed by atoms with Gasteiger partial charge < -0.3 is 10.1 Å². The van der Waals surface area contributed by atoms with Crippen molar-refractivity contribution in [3.8, 4) is 0 Å². The molecule has 4 nitrogen and oxygen atoms in total. The van der Waals surface area contributed by atoms with Crippen LogP contribution < -0.4 is 5.32 Å². The first-order valence-electron chi connectivity index (χ1n) is 9.19. The molecule has 0 radical (unpaired) electrons. The molecule has 1 aromatic carbocycles. The Morgan fingerprint density at radius 2 is 2.15 bits per heavy atom. The molecule has 2 aromatic rings. The van der Waals surface area contributed by atoms with Gasteiger partial charge in [-0.2, -0.15) is 0 Å². The number of aryl methyl sites for hydroxylation is 1. The van der Waals surface area contributed by atoms with E-state index >= 15 is 0 Å². The normalized spacial score (nSPS) is 16.0.